The van der Waals surface area contributed by atoms with Crippen LogP contribution in [0, 0.1) is 0 Å². The molecule has 0 bridgehead atoms. The van der Waals surface area contributed by atoms with Gasteiger partial charge in [-0.2, -0.15) is 0 Å². The number of anilines is 2. The molecule has 4 nitrogen and oxygen atoms in total. The number of nitrogens with one attached hydrogen (secondary N) is 1. The van der Waals surface area contributed by atoms with Crippen LogP contribution in [0.4, 0.5) is 11.4 Å². The Balaban J connectivity index is 2.02. The van der Waals surface area contributed by atoms with E-state index in [1.165, 1.54) is 17.1 Å². The van der Waals surface area contributed by atoms with Gasteiger partial charge in [0.25, 0.3) is 10.0 Å². The number of hydrogen-bond acceptors (Lipinski definition) is 3. The molecule has 0 radical (unpaired) electrons. The van der Waals surface area contributed by atoms with Crippen LogP contribution in [0.5, 0.6) is 0 Å². The van der Waals surface area contributed by atoms with Gasteiger partial charge in [0.2, 0.25) is 0 Å². The molecule has 0 aromatic heterocycles. The average molecular weight is 393 g/mol. The van der Waals surface area contributed by atoms with Crippen molar-refractivity contribution in [3.05, 3.63) is 88.9 Å². The Morgan fingerprint density at radius 2 is 1.12 bits per heavy atom. The molecule has 0 saturated carbocycles. The second-order valence-electron chi connectivity index (χ2n) is 5.20. The largest absolute Gasteiger partial charge is 0.263 e. The summed E-state index contributed by atoms with van der Waals surface area (Å²) in [5, 5.41) is 2.59. The fraction of sp³-hybridized carbons (Fsp3) is 0. The Hall–Kier alpha value is -2.05. The summed E-state index contributed by atoms with van der Waals surface area (Å²) in [6, 6.07) is 21.8. The number of benzene rings is 3. The third-order valence-corrected chi connectivity index (χ3v) is 5.25. The van der Waals surface area contributed by atoms with Crippen molar-refractivity contribution in [1.82, 2.24) is 4.83 Å². The highest BCUT2D eigenvalue weighted by molar-refractivity contribution is 7.89. The predicted octanol–water partition coefficient (Wildman–Crippen LogP) is 5.03. The van der Waals surface area contributed by atoms with Crippen molar-refractivity contribution in [1.29, 1.82) is 0 Å². The smallest absolute Gasteiger partial charge is 0.257 e. The van der Waals surface area contributed by atoms with Gasteiger partial charge in [0, 0.05) is 10.0 Å². The summed E-state index contributed by atoms with van der Waals surface area (Å²) in [6.07, 6.45) is 0. The maximum atomic E-state index is 12.7. The molecule has 0 aliphatic heterocycles. The predicted molar refractivity (Wildman–Crippen MR) is 102 cm³/mol. The number of halogens is 2. The van der Waals surface area contributed by atoms with E-state index < -0.39 is 10.0 Å². The van der Waals surface area contributed by atoms with Gasteiger partial charge in [0.05, 0.1) is 16.3 Å². The van der Waals surface area contributed by atoms with Gasteiger partial charge in [0.15, 0.2) is 0 Å². The Bertz CT molecular complexity index is 899. The second-order valence-corrected chi connectivity index (χ2v) is 7.73. The van der Waals surface area contributed by atoms with Gasteiger partial charge in [-0.05, 0) is 60.7 Å². The highest BCUT2D eigenvalue weighted by atomic mass is 35.5. The minimum atomic E-state index is -3.77. The molecular weight excluding hydrogens is 379 g/mol. The lowest BCUT2D eigenvalue weighted by Crippen LogP contribution is -2.38. The summed E-state index contributed by atoms with van der Waals surface area (Å²) < 4.78 is 25.4. The first-order valence-electron chi connectivity index (χ1n) is 7.34. The number of nitrogens with zero attached hydrogens (tertiary/aromatic N) is 1. The second kappa shape index (κ2) is 7.45. The monoisotopic (exact) mass is 392 g/mol. The third kappa shape index (κ3) is 4.32. The Morgan fingerprint density at radius 3 is 1.56 bits per heavy atom. The molecule has 25 heavy (non-hydrogen) atoms. The average Bonchev–Trinajstić information content (AvgIpc) is 2.62. The topological polar surface area (TPSA) is 49.4 Å². The molecule has 0 spiro atoms. The highest BCUT2D eigenvalue weighted by Gasteiger charge is 2.20. The van der Waals surface area contributed by atoms with E-state index in [1.54, 1.807) is 66.7 Å². The van der Waals surface area contributed by atoms with E-state index in [9.17, 15) is 8.42 Å². The van der Waals surface area contributed by atoms with Crippen molar-refractivity contribution in [3.63, 3.8) is 0 Å². The lowest BCUT2D eigenvalue weighted by Gasteiger charge is -2.25. The first-order chi connectivity index (χ1) is 12.0. The van der Waals surface area contributed by atoms with E-state index in [4.69, 9.17) is 23.2 Å². The standard InChI is InChI=1S/C18H14Cl2N2O2S/c19-14-6-10-16(11-7-14)22(17-12-8-15(20)9-13-17)21-25(23,24)18-4-2-1-3-5-18/h1-13,21H. The summed E-state index contributed by atoms with van der Waals surface area (Å²) in [5.74, 6) is 0. The molecule has 0 aliphatic rings. The molecule has 0 saturated heterocycles. The van der Waals surface area contributed by atoms with Crippen LogP contribution in [0.25, 0.3) is 0 Å². The summed E-state index contributed by atoms with van der Waals surface area (Å²) in [7, 11) is -3.77. The molecule has 0 aliphatic carbocycles. The van der Waals surface area contributed by atoms with Crippen molar-refractivity contribution in [2.24, 2.45) is 0 Å². The number of rotatable bonds is 5. The molecule has 0 atom stereocenters. The van der Waals surface area contributed by atoms with Crippen LogP contribution in [0.3, 0.4) is 0 Å². The molecule has 7 heteroatoms. The summed E-state index contributed by atoms with van der Waals surface area (Å²) in [5.41, 5.74) is 1.23. The van der Waals surface area contributed by atoms with Crippen LogP contribution in [-0.2, 0) is 10.0 Å². The Labute approximate surface area is 156 Å². The first-order valence-corrected chi connectivity index (χ1v) is 9.58. The molecule has 3 aromatic rings. The molecule has 128 valence electrons. The fourth-order valence-corrected chi connectivity index (χ4v) is 3.53. The molecule has 1 N–H and O–H groups in total. The van der Waals surface area contributed by atoms with Gasteiger partial charge >= 0.3 is 0 Å². The van der Waals surface area contributed by atoms with Crippen molar-refractivity contribution in [3.8, 4) is 0 Å². The van der Waals surface area contributed by atoms with Crippen LogP contribution >= 0.6 is 23.2 Å². The fourth-order valence-electron chi connectivity index (χ4n) is 2.21. The van der Waals surface area contributed by atoms with E-state index in [0.29, 0.717) is 21.4 Å². The van der Waals surface area contributed by atoms with Crippen LogP contribution in [0.2, 0.25) is 10.0 Å². The molecule has 0 amide bonds. The Kier molecular flexibility index (Phi) is 5.30. The van der Waals surface area contributed by atoms with Crippen molar-refractivity contribution in [2.45, 2.75) is 4.90 Å². The van der Waals surface area contributed by atoms with Crippen LogP contribution in [0.15, 0.2) is 83.8 Å². The number of hydrazine groups is 1. The maximum absolute atomic E-state index is 12.7. The molecule has 0 heterocycles. The van der Waals surface area contributed by atoms with Crippen LogP contribution in [-0.4, -0.2) is 8.42 Å². The van der Waals surface area contributed by atoms with Gasteiger partial charge in [-0.1, -0.05) is 41.4 Å². The summed E-state index contributed by atoms with van der Waals surface area (Å²) in [6.45, 7) is 0. The highest BCUT2D eigenvalue weighted by Crippen LogP contribution is 2.27. The van der Waals surface area contributed by atoms with Gasteiger partial charge in [-0.25, -0.2) is 8.42 Å². The molecule has 3 aromatic carbocycles. The normalized spacial score (nSPS) is 11.3. The summed E-state index contributed by atoms with van der Waals surface area (Å²) >= 11 is 11.9. The first kappa shape index (κ1) is 17.8. The minimum absolute atomic E-state index is 0.169. The zero-order valence-corrected chi connectivity index (χ0v) is 15.3. The van der Waals surface area contributed by atoms with Crippen LogP contribution in [0.1, 0.15) is 0 Å². The van der Waals surface area contributed by atoms with Crippen molar-refractivity contribution >= 4 is 44.6 Å². The third-order valence-electron chi connectivity index (χ3n) is 3.43. The number of hydrogen-bond donors (Lipinski definition) is 1. The zero-order chi connectivity index (χ0) is 17.9. The van der Waals surface area contributed by atoms with Gasteiger partial charge in [0.1, 0.15) is 0 Å². The van der Waals surface area contributed by atoms with Gasteiger partial charge in [-0.3, -0.25) is 5.01 Å². The van der Waals surface area contributed by atoms with E-state index in [0.717, 1.165) is 0 Å². The van der Waals surface area contributed by atoms with Crippen molar-refractivity contribution < 1.29 is 8.42 Å². The minimum Gasteiger partial charge on any atom is -0.263 e. The molecular formula is C18H14Cl2N2O2S. The Morgan fingerprint density at radius 1 is 0.680 bits per heavy atom. The molecule has 0 unspecified atom stereocenters. The number of sulfonamides is 1. The lowest BCUT2D eigenvalue weighted by molar-refractivity contribution is 0.582. The lowest BCUT2D eigenvalue weighted by atomic mass is 10.2. The SMILES string of the molecule is O=S(=O)(NN(c1ccc(Cl)cc1)c1ccc(Cl)cc1)c1ccccc1. The maximum Gasteiger partial charge on any atom is 0.257 e. The van der Waals surface area contributed by atoms with E-state index in [2.05, 4.69) is 4.83 Å². The van der Waals surface area contributed by atoms with E-state index in [-0.39, 0.29) is 4.90 Å². The molecule has 3 rings (SSSR count). The van der Waals surface area contributed by atoms with Crippen molar-refractivity contribution in [2.75, 3.05) is 5.01 Å². The quantitative estimate of drug-likeness (QED) is 0.619. The van der Waals surface area contributed by atoms with E-state index >= 15 is 0 Å². The summed E-state index contributed by atoms with van der Waals surface area (Å²) in [4.78, 5) is 2.77. The zero-order valence-electron chi connectivity index (χ0n) is 12.9. The van der Waals surface area contributed by atoms with E-state index in [1.807, 2.05) is 0 Å². The molecule has 0 fully saturated rings. The van der Waals surface area contributed by atoms with Gasteiger partial charge in [-0.15, -0.1) is 4.83 Å². The van der Waals surface area contributed by atoms with Gasteiger partial charge < -0.3 is 0 Å². The van der Waals surface area contributed by atoms with Crippen LogP contribution < -0.4 is 9.84 Å².